The second-order valence-electron chi connectivity index (χ2n) is 9.60. The first-order chi connectivity index (χ1) is 17.1. The highest BCUT2D eigenvalue weighted by molar-refractivity contribution is 5.91. The van der Waals surface area contributed by atoms with E-state index < -0.39 is 0 Å². The molecule has 0 atom stereocenters. The van der Waals surface area contributed by atoms with E-state index in [0.717, 1.165) is 80.7 Å². The Bertz CT molecular complexity index is 1150. The van der Waals surface area contributed by atoms with Gasteiger partial charge in [-0.3, -0.25) is 4.68 Å². The molecule has 4 heterocycles. The minimum atomic E-state index is -0.363. The molecular formula is C26H35FN6O2. The van der Waals surface area contributed by atoms with Crippen LogP contribution < -0.4 is 15.0 Å². The summed E-state index contributed by atoms with van der Waals surface area (Å²) >= 11 is 0. The van der Waals surface area contributed by atoms with Crippen molar-refractivity contribution in [3.05, 3.63) is 35.9 Å². The molecule has 0 aromatic carbocycles. The molecule has 188 valence electrons. The molecule has 2 fully saturated rings. The lowest BCUT2D eigenvalue weighted by Crippen LogP contribution is -2.37. The third-order valence-corrected chi connectivity index (χ3v) is 7.32. The van der Waals surface area contributed by atoms with Crippen molar-refractivity contribution >= 4 is 22.5 Å². The number of nitrogens with one attached hydrogen (secondary N) is 1. The summed E-state index contributed by atoms with van der Waals surface area (Å²) < 4.78 is 28.1. The molecule has 0 spiro atoms. The molecule has 1 N–H and O–H groups in total. The molecule has 35 heavy (non-hydrogen) atoms. The molecule has 1 aliphatic heterocycles. The first-order valence-electron chi connectivity index (χ1n) is 12.7. The highest BCUT2D eigenvalue weighted by Crippen LogP contribution is 2.37. The molecule has 1 saturated carbocycles. The summed E-state index contributed by atoms with van der Waals surface area (Å²) in [4.78, 5) is 11.1. The molecule has 8 nitrogen and oxygen atoms in total. The van der Waals surface area contributed by atoms with Crippen LogP contribution in [0.1, 0.15) is 57.1 Å². The Balaban J connectivity index is 1.36. The fraction of sp³-hybridized carbons (Fsp3) is 0.577. The predicted octanol–water partition coefficient (Wildman–Crippen LogP) is 4.88. The number of piperidine rings is 1. The van der Waals surface area contributed by atoms with Crippen LogP contribution in [0.15, 0.2) is 24.5 Å². The number of methoxy groups -OCH3 is 1. The maximum atomic E-state index is 14.4. The van der Waals surface area contributed by atoms with Crippen LogP contribution in [0.25, 0.3) is 10.9 Å². The van der Waals surface area contributed by atoms with Crippen LogP contribution >= 0.6 is 0 Å². The van der Waals surface area contributed by atoms with Gasteiger partial charge in [0.1, 0.15) is 11.9 Å². The Kier molecular flexibility index (Phi) is 7.04. The molecule has 9 heteroatoms. The van der Waals surface area contributed by atoms with E-state index in [1.165, 1.54) is 0 Å². The van der Waals surface area contributed by atoms with Gasteiger partial charge in [-0.15, -0.1) is 0 Å². The van der Waals surface area contributed by atoms with Crippen LogP contribution in [0.4, 0.5) is 16.0 Å². The number of aromatic nitrogens is 4. The van der Waals surface area contributed by atoms with Gasteiger partial charge in [0.2, 0.25) is 0 Å². The van der Waals surface area contributed by atoms with Crippen LogP contribution in [0.5, 0.6) is 5.88 Å². The van der Waals surface area contributed by atoms with E-state index in [2.05, 4.69) is 37.9 Å². The smallest absolute Gasteiger partial charge is 0.250 e. The molecule has 0 unspecified atom stereocenters. The second-order valence-corrected chi connectivity index (χ2v) is 9.60. The van der Waals surface area contributed by atoms with E-state index in [1.807, 2.05) is 6.20 Å². The van der Waals surface area contributed by atoms with Gasteiger partial charge in [-0.1, -0.05) is 0 Å². The molecule has 0 radical (unpaired) electrons. The molecule has 1 aliphatic carbocycles. The van der Waals surface area contributed by atoms with E-state index in [0.29, 0.717) is 11.7 Å². The third kappa shape index (κ3) is 4.91. The fourth-order valence-corrected chi connectivity index (χ4v) is 5.27. The molecule has 2 aliphatic rings. The number of nitrogens with zero attached hydrogens (tertiary/aromatic N) is 5. The summed E-state index contributed by atoms with van der Waals surface area (Å²) in [5, 5.41) is 9.57. The largest absolute Gasteiger partial charge is 0.472 e. The number of halogens is 1. The zero-order valence-corrected chi connectivity index (χ0v) is 20.8. The zero-order chi connectivity index (χ0) is 24.4. The molecule has 3 aromatic heterocycles. The van der Waals surface area contributed by atoms with Gasteiger partial charge in [0, 0.05) is 45.2 Å². The van der Waals surface area contributed by atoms with Crippen molar-refractivity contribution in [2.24, 2.45) is 0 Å². The van der Waals surface area contributed by atoms with E-state index in [1.54, 1.807) is 26.3 Å². The average molecular weight is 483 g/mol. The lowest BCUT2D eigenvalue weighted by atomic mass is 9.93. The van der Waals surface area contributed by atoms with Gasteiger partial charge in [-0.2, -0.15) is 5.10 Å². The number of rotatable bonds is 7. The number of aryl methyl sites for hydroxylation is 1. The van der Waals surface area contributed by atoms with Crippen LogP contribution in [0, 0.1) is 12.7 Å². The van der Waals surface area contributed by atoms with E-state index in [4.69, 9.17) is 14.6 Å². The summed E-state index contributed by atoms with van der Waals surface area (Å²) in [7, 11) is 1.79. The van der Waals surface area contributed by atoms with E-state index in [-0.39, 0.29) is 23.8 Å². The van der Waals surface area contributed by atoms with Crippen molar-refractivity contribution in [1.29, 1.82) is 0 Å². The maximum Gasteiger partial charge on any atom is 0.250 e. The van der Waals surface area contributed by atoms with Crippen molar-refractivity contribution in [3.63, 3.8) is 0 Å². The number of pyridine rings is 2. The fourth-order valence-electron chi connectivity index (χ4n) is 5.27. The average Bonchev–Trinajstić information content (AvgIpc) is 3.26. The van der Waals surface area contributed by atoms with Crippen LogP contribution in [0.2, 0.25) is 0 Å². The molecule has 0 amide bonds. The minimum absolute atomic E-state index is 0.0385. The van der Waals surface area contributed by atoms with Gasteiger partial charge in [-0.05, 0) is 64.0 Å². The number of anilines is 2. The standard InChI is InChI=1S/C26H35FN6O2/c1-4-28-23-15-22-21(16-30-23)25(32-13-10-19(34-3)11-14-32)31-33(22)18-5-7-20(8-6-18)35-26-24(27)17(2)9-12-29-26/h9,12,15-16,18-20H,4-8,10-11,13-14H2,1-3H3,(H,28,30). The number of hydrogen-bond acceptors (Lipinski definition) is 7. The minimum Gasteiger partial charge on any atom is -0.472 e. The SMILES string of the molecule is CCNc1cc2c(cn1)c(N1CCC(OC)CC1)nn2C1CCC(Oc2nccc(C)c2F)CC1. The molecule has 0 bridgehead atoms. The topological polar surface area (TPSA) is 77.3 Å². The molecule has 5 rings (SSSR count). The van der Waals surface area contributed by atoms with Gasteiger partial charge >= 0.3 is 0 Å². The molecular weight excluding hydrogens is 447 g/mol. The Morgan fingerprint density at radius 2 is 1.86 bits per heavy atom. The van der Waals surface area contributed by atoms with Crippen LogP contribution in [-0.2, 0) is 4.74 Å². The maximum absolute atomic E-state index is 14.4. The summed E-state index contributed by atoms with van der Waals surface area (Å²) in [6.45, 7) is 6.47. The van der Waals surface area contributed by atoms with Gasteiger partial charge < -0.3 is 19.7 Å². The van der Waals surface area contributed by atoms with Crippen LogP contribution in [-0.4, -0.2) is 58.7 Å². The highest BCUT2D eigenvalue weighted by atomic mass is 19.1. The summed E-state index contributed by atoms with van der Waals surface area (Å²) in [6, 6.07) is 4.04. The van der Waals surface area contributed by atoms with Crippen molar-refractivity contribution < 1.29 is 13.9 Å². The lowest BCUT2D eigenvalue weighted by Gasteiger charge is -2.31. The molecule has 1 saturated heterocycles. The Morgan fingerprint density at radius 3 is 2.57 bits per heavy atom. The highest BCUT2D eigenvalue weighted by Gasteiger charge is 2.29. The quantitative estimate of drug-likeness (QED) is 0.514. The van der Waals surface area contributed by atoms with Crippen molar-refractivity contribution in [2.45, 2.75) is 70.6 Å². The third-order valence-electron chi connectivity index (χ3n) is 7.32. The Morgan fingerprint density at radius 1 is 1.09 bits per heavy atom. The van der Waals surface area contributed by atoms with Crippen molar-refractivity contribution in [3.8, 4) is 5.88 Å². The second kappa shape index (κ2) is 10.4. The van der Waals surface area contributed by atoms with Crippen molar-refractivity contribution in [1.82, 2.24) is 19.7 Å². The van der Waals surface area contributed by atoms with Gasteiger partial charge in [-0.25, -0.2) is 14.4 Å². The Hall–Kier alpha value is -2.94. The first-order valence-corrected chi connectivity index (χ1v) is 12.7. The number of hydrogen-bond donors (Lipinski definition) is 1. The predicted molar refractivity (Wildman–Crippen MR) is 135 cm³/mol. The monoisotopic (exact) mass is 482 g/mol. The summed E-state index contributed by atoms with van der Waals surface area (Å²) in [6.07, 6.45) is 9.33. The van der Waals surface area contributed by atoms with Gasteiger partial charge in [0.05, 0.1) is 23.0 Å². The molecule has 3 aromatic rings. The number of fused-ring (bicyclic) bond motifs is 1. The Labute approximate surface area is 205 Å². The first kappa shape index (κ1) is 23.8. The summed E-state index contributed by atoms with van der Waals surface area (Å²) in [5.41, 5.74) is 1.66. The van der Waals surface area contributed by atoms with Gasteiger partial charge in [0.25, 0.3) is 5.88 Å². The van der Waals surface area contributed by atoms with Crippen LogP contribution in [0.3, 0.4) is 0 Å². The van der Waals surface area contributed by atoms with Gasteiger partial charge in [0.15, 0.2) is 11.6 Å². The summed E-state index contributed by atoms with van der Waals surface area (Å²) in [5.74, 6) is 1.62. The lowest BCUT2D eigenvalue weighted by molar-refractivity contribution is 0.0818. The number of ether oxygens (including phenoxy) is 2. The van der Waals surface area contributed by atoms with E-state index in [9.17, 15) is 4.39 Å². The normalized spacial score (nSPS) is 21.4. The van der Waals surface area contributed by atoms with E-state index >= 15 is 0 Å². The zero-order valence-electron chi connectivity index (χ0n) is 20.8. The van der Waals surface area contributed by atoms with Crippen molar-refractivity contribution in [2.75, 3.05) is 37.0 Å².